The van der Waals surface area contributed by atoms with Crippen LogP contribution in [0.25, 0.3) is 11.0 Å². The Hall–Kier alpha value is -2.77. The number of aliphatic hydroxyl groups excluding tert-OH is 2. The van der Waals surface area contributed by atoms with E-state index in [1.807, 2.05) is 18.4 Å². The van der Waals surface area contributed by atoms with Gasteiger partial charge in [0.1, 0.15) is 5.82 Å². The van der Waals surface area contributed by atoms with Crippen molar-refractivity contribution in [3.63, 3.8) is 0 Å². The number of imidazole rings is 1. The van der Waals surface area contributed by atoms with Crippen LogP contribution in [0.2, 0.25) is 0 Å². The maximum atomic E-state index is 13.9. The fourth-order valence-electron chi connectivity index (χ4n) is 4.93. The molecule has 13 heteroatoms. The van der Waals surface area contributed by atoms with E-state index < -0.39 is 40.5 Å². The van der Waals surface area contributed by atoms with Crippen molar-refractivity contribution in [3.05, 3.63) is 41.0 Å². The summed E-state index contributed by atoms with van der Waals surface area (Å²) in [6.45, 7) is 5.65. The molecule has 2 atom stereocenters. The average Bonchev–Trinajstić information content (AvgIpc) is 3.18. The summed E-state index contributed by atoms with van der Waals surface area (Å²) in [5, 5.41) is 20.0. The summed E-state index contributed by atoms with van der Waals surface area (Å²) >= 11 is 0. The molecule has 0 aliphatic carbocycles. The van der Waals surface area contributed by atoms with Crippen LogP contribution in [-0.4, -0.2) is 51.0 Å². The van der Waals surface area contributed by atoms with E-state index in [4.69, 9.17) is 4.98 Å². The Bertz CT molecular complexity index is 1420. The van der Waals surface area contributed by atoms with Crippen LogP contribution >= 0.6 is 0 Å². The quantitative estimate of drug-likeness (QED) is 0.464. The SMILES string of the molecule is CCC[C@H](O)c1cnc(N2CCn3c(nc4cc(CO)c(S(C)(=O)=O)cc43)C2C(C)C)nc1C(F)(F)F. The number of benzene rings is 1. The van der Waals surface area contributed by atoms with Crippen LogP contribution in [0.5, 0.6) is 0 Å². The van der Waals surface area contributed by atoms with Gasteiger partial charge in [0, 0.05) is 31.1 Å². The number of aromatic nitrogens is 4. The number of fused-ring (bicyclic) bond motifs is 3. The Morgan fingerprint density at radius 3 is 2.46 bits per heavy atom. The highest BCUT2D eigenvalue weighted by Gasteiger charge is 2.40. The minimum absolute atomic E-state index is 0.00750. The van der Waals surface area contributed by atoms with E-state index in [1.165, 1.54) is 12.1 Å². The Balaban J connectivity index is 1.85. The van der Waals surface area contributed by atoms with Gasteiger partial charge < -0.3 is 19.7 Å². The van der Waals surface area contributed by atoms with E-state index in [1.54, 1.807) is 11.8 Å². The number of hydrogen-bond donors (Lipinski definition) is 2. The second-order valence-corrected chi connectivity index (χ2v) is 11.6. The van der Waals surface area contributed by atoms with Gasteiger partial charge in [-0.25, -0.2) is 23.4 Å². The van der Waals surface area contributed by atoms with Gasteiger partial charge in [-0.3, -0.25) is 0 Å². The lowest BCUT2D eigenvalue weighted by molar-refractivity contribution is -0.143. The van der Waals surface area contributed by atoms with Gasteiger partial charge in [-0.2, -0.15) is 13.2 Å². The van der Waals surface area contributed by atoms with E-state index in [0.717, 1.165) is 12.5 Å². The highest BCUT2D eigenvalue weighted by atomic mass is 32.2. The molecule has 202 valence electrons. The van der Waals surface area contributed by atoms with Gasteiger partial charge in [0.2, 0.25) is 5.95 Å². The molecule has 0 spiro atoms. The predicted octanol–water partition coefficient (Wildman–Crippen LogP) is 3.79. The minimum Gasteiger partial charge on any atom is -0.392 e. The number of anilines is 1. The van der Waals surface area contributed by atoms with Crippen molar-refractivity contribution < 1.29 is 31.8 Å². The van der Waals surface area contributed by atoms with Gasteiger partial charge in [0.15, 0.2) is 15.5 Å². The summed E-state index contributed by atoms with van der Waals surface area (Å²) in [4.78, 5) is 14.5. The molecular formula is C24H30F3N5O4S. The van der Waals surface area contributed by atoms with E-state index in [9.17, 15) is 31.8 Å². The molecule has 0 saturated carbocycles. The van der Waals surface area contributed by atoms with Crippen LogP contribution in [0, 0.1) is 5.92 Å². The van der Waals surface area contributed by atoms with Gasteiger partial charge in [0.25, 0.3) is 0 Å². The van der Waals surface area contributed by atoms with E-state index in [0.29, 0.717) is 29.8 Å². The lowest BCUT2D eigenvalue weighted by Crippen LogP contribution is -2.42. The second kappa shape index (κ2) is 9.84. The first-order valence-electron chi connectivity index (χ1n) is 12.0. The van der Waals surface area contributed by atoms with Crippen molar-refractivity contribution in [1.82, 2.24) is 19.5 Å². The largest absolute Gasteiger partial charge is 0.433 e. The first-order valence-corrected chi connectivity index (χ1v) is 13.9. The maximum absolute atomic E-state index is 13.9. The van der Waals surface area contributed by atoms with Gasteiger partial charge in [-0.1, -0.05) is 27.2 Å². The van der Waals surface area contributed by atoms with Crippen LogP contribution < -0.4 is 4.90 Å². The highest BCUT2D eigenvalue weighted by molar-refractivity contribution is 7.90. The Morgan fingerprint density at radius 1 is 1.19 bits per heavy atom. The lowest BCUT2D eigenvalue weighted by Gasteiger charge is -2.38. The van der Waals surface area contributed by atoms with Crippen molar-refractivity contribution >= 4 is 26.8 Å². The molecular weight excluding hydrogens is 511 g/mol. The topological polar surface area (TPSA) is 121 Å². The molecule has 0 radical (unpaired) electrons. The van der Waals surface area contributed by atoms with Crippen molar-refractivity contribution in [3.8, 4) is 0 Å². The smallest absolute Gasteiger partial charge is 0.392 e. The Kier molecular flexibility index (Phi) is 7.25. The summed E-state index contributed by atoms with van der Waals surface area (Å²) in [5.74, 6) is 0.300. The van der Waals surface area contributed by atoms with Gasteiger partial charge in [0.05, 0.1) is 34.7 Å². The predicted molar refractivity (Wildman–Crippen MR) is 131 cm³/mol. The number of hydrogen-bond acceptors (Lipinski definition) is 8. The van der Waals surface area contributed by atoms with Gasteiger partial charge in [-0.15, -0.1) is 0 Å². The number of halogens is 3. The zero-order valence-electron chi connectivity index (χ0n) is 21.0. The van der Waals surface area contributed by atoms with Gasteiger partial charge >= 0.3 is 6.18 Å². The zero-order chi connectivity index (χ0) is 27.3. The highest BCUT2D eigenvalue weighted by Crippen LogP contribution is 2.40. The van der Waals surface area contributed by atoms with Crippen LogP contribution in [0.15, 0.2) is 23.2 Å². The normalized spacial score (nSPS) is 17.5. The summed E-state index contributed by atoms with van der Waals surface area (Å²) in [7, 11) is -3.62. The van der Waals surface area contributed by atoms with Crippen molar-refractivity contribution in [2.75, 3.05) is 17.7 Å². The average molecular weight is 542 g/mol. The molecule has 1 aliphatic heterocycles. The van der Waals surface area contributed by atoms with Crippen molar-refractivity contribution in [2.45, 2.75) is 70.0 Å². The number of aliphatic hydroxyl groups is 2. The lowest BCUT2D eigenvalue weighted by atomic mass is 10.00. The third-order valence-corrected chi connectivity index (χ3v) is 7.76. The standard InChI is InChI=1S/C24H30F3N5O4S/c1-5-6-18(34)15-11-28-23(30-21(15)24(25,26)27)32-8-7-31-17-10-19(37(4,35)36)14(12-33)9-16(17)29-22(31)20(32)13(2)3/h9-11,13,18,20,33-34H,5-8,12H2,1-4H3/t18-,20?/m0/s1. The first kappa shape index (κ1) is 27.3. The molecule has 0 saturated heterocycles. The maximum Gasteiger partial charge on any atom is 0.433 e. The summed E-state index contributed by atoms with van der Waals surface area (Å²) in [6, 6.07) is 2.51. The van der Waals surface area contributed by atoms with Crippen LogP contribution in [-0.2, 0) is 29.2 Å². The summed E-state index contributed by atoms with van der Waals surface area (Å²) < 4.78 is 68.3. The fraction of sp³-hybridized carbons (Fsp3) is 0.542. The van der Waals surface area contributed by atoms with E-state index in [-0.39, 0.29) is 40.9 Å². The molecule has 0 fully saturated rings. The van der Waals surface area contributed by atoms with Crippen molar-refractivity contribution in [2.24, 2.45) is 5.92 Å². The number of alkyl halides is 3. The third kappa shape index (κ3) is 5.04. The molecule has 37 heavy (non-hydrogen) atoms. The molecule has 3 heterocycles. The molecule has 2 N–H and O–H groups in total. The molecule has 4 rings (SSSR count). The molecule has 9 nitrogen and oxygen atoms in total. The van der Waals surface area contributed by atoms with Crippen molar-refractivity contribution in [1.29, 1.82) is 0 Å². The minimum atomic E-state index is -4.78. The molecule has 3 aromatic rings. The third-order valence-electron chi connectivity index (χ3n) is 6.58. The summed E-state index contributed by atoms with van der Waals surface area (Å²) in [6.07, 6.45) is -3.34. The molecule has 2 aromatic heterocycles. The monoisotopic (exact) mass is 541 g/mol. The number of rotatable bonds is 7. The molecule has 1 unspecified atom stereocenters. The van der Waals surface area contributed by atoms with Gasteiger partial charge in [-0.05, 0) is 30.0 Å². The zero-order valence-corrected chi connectivity index (χ0v) is 21.8. The Morgan fingerprint density at radius 2 is 1.89 bits per heavy atom. The molecule has 1 aromatic carbocycles. The van der Waals surface area contributed by atoms with Crippen LogP contribution in [0.3, 0.4) is 0 Å². The number of nitrogens with zero attached hydrogens (tertiary/aromatic N) is 5. The number of sulfone groups is 1. The van der Waals surface area contributed by atoms with E-state index in [2.05, 4.69) is 9.97 Å². The van der Waals surface area contributed by atoms with E-state index >= 15 is 0 Å². The van der Waals surface area contributed by atoms with Crippen LogP contribution in [0.1, 0.15) is 68.4 Å². The molecule has 1 aliphatic rings. The molecule has 0 bridgehead atoms. The fourth-order valence-corrected chi connectivity index (χ4v) is 5.86. The Labute approximate surface area is 212 Å². The molecule has 0 amide bonds. The second-order valence-electron chi connectivity index (χ2n) is 9.66. The van der Waals surface area contributed by atoms with Crippen LogP contribution in [0.4, 0.5) is 19.1 Å². The first-order chi connectivity index (χ1) is 17.3. The summed E-state index contributed by atoms with van der Waals surface area (Å²) in [5.41, 5.74) is -0.247.